The van der Waals surface area contributed by atoms with E-state index in [4.69, 9.17) is 21.3 Å². The average molecular weight is 525 g/mol. The van der Waals surface area contributed by atoms with Crippen molar-refractivity contribution in [3.05, 3.63) is 93.4 Å². The molecular formula is C25H19BrClN3OS. The van der Waals surface area contributed by atoms with Gasteiger partial charge in [0.1, 0.15) is 5.75 Å². The van der Waals surface area contributed by atoms with Crippen molar-refractivity contribution in [1.29, 1.82) is 0 Å². The SMILES string of the molecule is COc1ccc(Nc2nc(-c3cn(Cc4ccc(Cl)cc4)c4ccc(Br)cc34)cs2)cc1. The molecule has 5 rings (SSSR count). The van der Waals surface area contributed by atoms with Crippen LogP contribution in [0, 0.1) is 0 Å². The van der Waals surface area contributed by atoms with Gasteiger partial charge >= 0.3 is 0 Å². The molecule has 1 N–H and O–H groups in total. The molecule has 3 aromatic carbocycles. The van der Waals surface area contributed by atoms with Gasteiger partial charge in [0, 0.05) is 49.8 Å². The molecule has 0 saturated carbocycles. The van der Waals surface area contributed by atoms with Crippen LogP contribution in [0.4, 0.5) is 10.8 Å². The summed E-state index contributed by atoms with van der Waals surface area (Å²) in [5, 5.41) is 8.22. The van der Waals surface area contributed by atoms with Gasteiger partial charge in [-0.2, -0.15) is 0 Å². The van der Waals surface area contributed by atoms with Crippen LogP contribution >= 0.6 is 38.9 Å². The van der Waals surface area contributed by atoms with Gasteiger partial charge in [-0.3, -0.25) is 0 Å². The number of thiazole rings is 1. The molecule has 0 radical (unpaired) electrons. The summed E-state index contributed by atoms with van der Waals surface area (Å²) in [5.74, 6) is 0.828. The second-order valence-corrected chi connectivity index (χ2v) is 9.56. The number of nitrogens with one attached hydrogen (secondary N) is 1. The molecule has 0 aliphatic rings. The zero-order valence-electron chi connectivity index (χ0n) is 17.2. The summed E-state index contributed by atoms with van der Waals surface area (Å²) in [6.45, 7) is 0.760. The molecule has 0 spiro atoms. The molecule has 0 atom stereocenters. The van der Waals surface area contributed by atoms with E-state index in [1.54, 1.807) is 18.4 Å². The van der Waals surface area contributed by atoms with E-state index in [2.05, 4.69) is 67.7 Å². The molecule has 0 bridgehead atoms. The number of hydrogen-bond donors (Lipinski definition) is 1. The number of methoxy groups -OCH3 is 1. The lowest BCUT2D eigenvalue weighted by molar-refractivity contribution is 0.415. The van der Waals surface area contributed by atoms with Crippen LogP contribution < -0.4 is 10.1 Å². The maximum absolute atomic E-state index is 6.06. The molecule has 0 saturated heterocycles. The van der Waals surface area contributed by atoms with Crippen LogP contribution in [0.3, 0.4) is 0 Å². The van der Waals surface area contributed by atoms with Crippen molar-refractivity contribution in [1.82, 2.24) is 9.55 Å². The Balaban J connectivity index is 1.48. The van der Waals surface area contributed by atoms with Crippen LogP contribution in [0.25, 0.3) is 22.2 Å². The summed E-state index contributed by atoms with van der Waals surface area (Å²) in [6, 6.07) is 22.2. The first-order chi connectivity index (χ1) is 15.6. The summed E-state index contributed by atoms with van der Waals surface area (Å²) >= 11 is 11.3. The Morgan fingerprint density at radius 3 is 2.59 bits per heavy atom. The first kappa shape index (κ1) is 21.1. The lowest BCUT2D eigenvalue weighted by atomic mass is 10.1. The highest BCUT2D eigenvalue weighted by Crippen LogP contribution is 2.35. The average Bonchev–Trinajstić information content (AvgIpc) is 3.40. The van der Waals surface area contributed by atoms with Crippen molar-refractivity contribution in [2.45, 2.75) is 6.54 Å². The Labute approximate surface area is 203 Å². The Morgan fingerprint density at radius 2 is 1.84 bits per heavy atom. The second kappa shape index (κ2) is 8.98. The van der Waals surface area contributed by atoms with E-state index < -0.39 is 0 Å². The van der Waals surface area contributed by atoms with Gasteiger partial charge in [0.2, 0.25) is 0 Å². The van der Waals surface area contributed by atoms with E-state index in [1.165, 1.54) is 5.56 Å². The highest BCUT2D eigenvalue weighted by molar-refractivity contribution is 9.10. The molecule has 0 unspecified atom stereocenters. The largest absolute Gasteiger partial charge is 0.497 e. The summed E-state index contributed by atoms with van der Waals surface area (Å²) in [6.07, 6.45) is 2.18. The standard InChI is InChI=1S/C25H19BrClN3OS/c1-31-20-9-7-19(8-10-20)28-25-29-23(15-32-25)22-14-30(13-16-2-5-18(27)6-3-16)24-11-4-17(26)12-21(22)24/h2-12,14-15H,13H2,1H3,(H,28,29). The Morgan fingerprint density at radius 1 is 1.06 bits per heavy atom. The molecule has 4 nitrogen and oxygen atoms in total. The van der Waals surface area contributed by atoms with Gasteiger partial charge in [-0.1, -0.05) is 39.7 Å². The summed E-state index contributed by atoms with van der Waals surface area (Å²) in [5.41, 5.74) is 5.38. The number of anilines is 2. The van der Waals surface area contributed by atoms with Crippen LogP contribution in [0.15, 0.2) is 82.8 Å². The predicted octanol–water partition coefficient (Wildman–Crippen LogP) is 7.98. The number of halogens is 2. The van der Waals surface area contributed by atoms with Gasteiger partial charge < -0.3 is 14.6 Å². The molecule has 160 valence electrons. The van der Waals surface area contributed by atoms with E-state index in [1.807, 2.05) is 36.4 Å². The first-order valence-corrected chi connectivity index (χ1v) is 12.0. The van der Waals surface area contributed by atoms with Crippen LogP contribution in [0.5, 0.6) is 5.75 Å². The number of ether oxygens (including phenoxy) is 1. The van der Waals surface area contributed by atoms with Crippen LogP contribution in [-0.2, 0) is 6.54 Å². The van der Waals surface area contributed by atoms with Gasteiger partial charge in [0.05, 0.1) is 12.8 Å². The minimum atomic E-state index is 0.745. The van der Waals surface area contributed by atoms with Crippen LogP contribution in [-0.4, -0.2) is 16.7 Å². The molecule has 2 aromatic heterocycles. The monoisotopic (exact) mass is 523 g/mol. The predicted molar refractivity (Wildman–Crippen MR) is 138 cm³/mol. The molecule has 0 fully saturated rings. The normalized spacial score (nSPS) is 11.1. The van der Waals surface area contributed by atoms with E-state index in [9.17, 15) is 0 Å². The summed E-state index contributed by atoms with van der Waals surface area (Å²) < 4.78 is 8.53. The second-order valence-electron chi connectivity index (χ2n) is 7.35. The Kier molecular flexibility index (Phi) is 5.91. The molecule has 32 heavy (non-hydrogen) atoms. The van der Waals surface area contributed by atoms with Crippen molar-refractivity contribution in [3.8, 4) is 17.0 Å². The van der Waals surface area contributed by atoms with Gasteiger partial charge in [0.15, 0.2) is 5.13 Å². The van der Waals surface area contributed by atoms with Crippen molar-refractivity contribution < 1.29 is 4.74 Å². The van der Waals surface area contributed by atoms with E-state index >= 15 is 0 Å². The molecule has 0 aliphatic carbocycles. The van der Waals surface area contributed by atoms with Gasteiger partial charge in [-0.15, -0.1) is 11.3 Å². The van der Waals surface area contributed by atoms with Gasteiger partial charge in [0.25, 0.3) is 0 Å². The summed E-state index contributed by atoms with van der Waals surface area (Å²) in [4.78, 5) is 4.86. The van der Waals surface area contributed by atoms with Crippen LogP contribution in [0.1, 0.15) is 5.56 Å². The maximum Gasteiger partial charge on any atom is 0.187 e. The molecule has 5 aromatic rings. The van der Waals surface area contributed by atoms with E-state index in [0.717, 1.165) is 54.8 Å². The van der Waals surface area contributed by atoms with E-state index in [-0.39, 0.29) is 0 Å². The highest BCUT2D eigenvalue weighted by atomic mass is 79.9. The molecule has 7 heteroatoms. The molecule has 0 amide bonds. The molecule has 0 aliphatic heterocycles. The number of benzene rings is 3. The minimum absolute atomic E-state index is 0.745. The zero-order chi connectivity index (χ0) is 22.1. The van der Waals surface area contributed by atoms with Crippen molar-refractivity contribution >= 4 is 60.6 Å². The molecular weight excluding hydrogens is 506 g/mol. The fourth-order valence-electron chi connectivity index (χ4n) is 3.64. The highest BCUT2D eigenvalue weighted by Gasteiger charge is 2.14. The zero-order valence-corrected chi connectivity index (χ0v) is 20.3. The molecule has 2 heterocycles. The Bertz CT molecular complexity index is 1380. The van der Waals surface area contributed by atoms with Crippen molar-refractivity contribution in [2.24, 2.45) is 0 Å². The lowest BCUT2D eigenvalue weighted by Crippen LogP contribution is -1.97. The summed E-state index contributed by atoms with van der Waals surface area (Å²) in [7, 11) is 1.66. The van der Waals surface area contributed by atoms with Gasteiger partial charge in [-0.05, 0) is 60.2 Å². The first-order valence-electron chi connectivity index (χ1n) is 9.99. The number of hydrogen-bond acceptors (Lipinski definition) is 4. The van der Waals surface area contributed by atoms with Gasteiger partial charge in [-0.25, -0.2) is 4.98 Å². The Hall–Kier alpha value is -2.80. The number of rotatable bonds is 6. The fraction of sp³-hybridized carbons (Fsp3) is 0.0800. The third-order valence-corrected chi connectivity index (χ3v) is 6.73. The topological polar surface area (TPSA) is 39.1 Å². The quantitative estimate of drug-likeness (QED) is 0.245. The van der Waals surface area contributed by atoms with Crippen molar-refractivity contribution in [3.63, 3.8) is 0 Å². The van der Waals surface area contributed by atoms with Crippen molar-refractivity contribution in [2.75, 3.05) is 12.4 Å². The number of fused-ring (bicyclic) bond motifs is 1. The lowest BCUT2D eigenvalue weighted by Gasteiger charge is -2.06. The minimum Gasteiger partial charge on any atom is -0.497 e. The smallest absolute Gasteiger partial charge is 0.187 e. The third-order valence-electron chi connectivity index (χ3n) is 5.23. The van der Waals surface area contributed by atoms with E-state index in [0.29, 0.717) is 0 Å². The maximum atomic E-state index is 6.06. The number of nitrogens with zero attached hydrogens (tertiary/aromatic N) is 2. The third kappa shape index (κ3) is 4.39. The van der Waals surface area contributed by atoms with Crippen LogP contribution in [0.2, 0.25) is 5.02 Å². The fourth-order valence-corrected chi connectivity index (χ4v) is 4.86. The number of aromatic nitrogens is 2.